The standard InChI is InChI=1S/C6H13NO2.C3H7NO2S.C2H5NO2/c1-4(2)3-5(7)6(8)9;4-2(1-7)3(5)6;3-1-2(4)5/h4-5H,3,7H2,1-2H3,(H,8,9);2,7H,1,4H2,(H,5,6);1,3H2,(H,4,5)/t5-;2-;/m00./s1. The van der Waals surface area contributed by atoms with Crippen LogP contribution in [0.2, 0.25) is 0 Å². The lowest BCUT2D eigenvalue weighted by molar-refractivity contribution is -0.139. The Kier molecular flexibility index (Phi) is 17.6. The Morgan fingerprint density at radius 3 is 1.38 bits per heavy atom. The molecule has 0 heterocycles. The van der Waals surface area contributed by atoms with Crippen molar-refractivity contribution in [3.8, 4) is 0 Å². The molecule has 9 N–H and O–H groups in total. The molecule has 0 radical (unpaired) electrons. The largest absolute Gasteiger partial charge is 0.480 e. The minimum absolute atomic E-state index is 0.190. The summed E-state index contributed by atoms with van der Waals surface area (Å²) in [6, 6.07) is -1.51. The molecule has 0 aliphatic carbocycles. The average Bonchev–Trinajstić information content (AvgIpc) is 2.38. The molecule has 0 fully saturated rings. The van der Waals surface area contributed by atoms with Crippen molar-refractivity contribution in [3.05, 3.63) is 0 Å². The normalized spacial score (nSPS) is 12.1. The fourth-order valence-electron chi connectivity index (χ4n) is 0.687. The third-order valence-electron chi connectivity index (χ3n) is 1.73. The quantitative estimate of drug-likeness (QED) is 0.294. The summed E-state index contributed by atoms with van der Waals surface area (Å²) in [4.78, 5) is 29.1. The molecule has 2 atom stereocenters. The van der Waals surface area contributed by atoms with Crippen LogP contribution in [0.1, 0.15) is 20.3 Å². The van der Waals surface area contributed by atoms with E-state index in [2.05, 4.69) is 18.4 Å². The number of hydrogen-bond donors (Lipinski definition) is 7. The lowest BCUT2D eigenvalue weighted by Gasteiger charge is -2.07. The van der Waals surface area contributed by atoms with Crippen molar-refractivity contribution in [2.45, 2.75) is 32.4 Å². The highest BCUT2D eigenvalue weighted by Gasteiger charge is 2.11. The predicted octanol–water partition coefficient (Wildman–Crippen LogP) is -1.20. The summed E-state index contributed by atoms with van der Waals surface area (Å²) in [5.41, 5.74) is 14.7. The summed E-state index contributed by atoms with van der Waals surface area (Å²) < 4.78 is 0. The van der Waals surface area contributed by atoms with Crippen molar-refractivity contribution in [2.75, 3.05) is 12.3 Å². The van der Waals surface area contributed by atoms with Gasteiger partial charge in [0.15, 0.2) is 0 Å². The van der Waals surface area contributed by atoms with E-state index >= 15 is 0 Å². The number of carbonyl (C=O) groups is 3. The van der Waals surface area contributed by atoms with Gasteiger partial charge < -0.3 is 32.5 Å². The highest BCUT2D eigenvalue weighted by molar-refractivity contribution is 7.80. The van der Waals surface area contributed by atoms with E-state index in [-0.39, 0.29) is 12.3 Å². The minimum atomic E-state index is -1.00. The van der Waals surface area contributed by atoms with Crippen molar-refractivity contribution in [2.24, 2.45) is 23.1 Å². The molecule has 0 rings (SSSR count). The van der Waals surface area contributed by atoms with Gasteiger partial charge in [-0.2, -0.15) is 12.6 Å². The van der Waals surface area contributed by atoms with Gasteiger partial charge in [0.1, 0.15) is 12.1 Å². The van der Waals surface area contributed by atoms with Crippen molar-refractivity contribution in [3.63, 3.8) is 0 Å². The highest BCUT2D eigenvalue weighted by Crippen LogP contribution is 2.01. The Hall–Kier alpha value is -1.36. The fourth-order valence-corrected chi connectivity index (χ4v) is 0.843. The van der Waals surface area contributed by atoms with Crippen LogP contribution in [0.25, 0.3) is 0 Å². The predicted molar refractivity (Wildman–Crippen MR) is 81.2 cm³/mol. The molecule has 9 nitrogen and oxygen atoms in total. The molecule has 0 bridgehead atoms. The molecule has 0 aliphatic rings. The molecule has 0 aromatic carbocycles. The van der Waals surface area contributed by atoms with Gasteiger partial charge in [-0.05, 0) is 12.3 Å². The van der Waals surface area contributed by atoms with Gasteiger partial charge >= 0.3 is 17.9 Å². The number of rotatable bonds is 6. The van der Waals surface area contributed by atoms with E-state index < -0.39 is 30.0 Å². The SMILES string of the molecule is CC(C)C[C@H](N)C(=O)O.NCC(=O)O.N[C@@H](CS)C(=O)O. The zero-order valence-corrected chi connectivity index (χ0v) is 13.0. The van der Waals surface area contributed by atoms with Crippen LogP contribution in [0, 0.1) is 5.92 Å². The maximum Gasteiger partial charge on any atom is 0.321 e. The molecule has 126 valence electrons. The molecule has 0 saturated heterocycles. The summed E-state index contributed by atoms with van der Waals surface area (Å²) in [7, 11) is 0. The van der Waals surface area contributed by atoms with E-state index in [9.17, 15) is 14.4 Å². The first kappa shape index (κ1) is 24.6. The van der Waals surface area contributed by atoms with Gasteiger partial charge in [-0.15, -0.1) is 0 Å². The van der Waals surface area contributed by atoms with Crippen LogP contribution in [0.4, 0.5) is 0 Å². The van der Waals surface area contributed by atoms with Crippen molar-refractivity contribution in [1.82, 2.24) is 0 Å². The van der Waals surface area contributed by atoms with Crippen molar-refractivity contribution < 1.29 is 29.7 Å². The number of aliphatic carboxylic acids is 3. The Morgan fingerprint density at radius 2 is 1.33 bits per heavy atom. The smallest absolute Gasteiger partial charge is 0.321 e. The number of hydrogen-bond acceptors (Lipinski definition) is 7. The molecular formula is C11H25N3O6S. The van der Waals surface area contributed by atoms with Crippen molar-refractivity contribution in [1.29, 1.82) is 0 Å². The van der Waals surface area contributed by atoms with Gasteiger partial charge in [0.05, 0.1) is 6.54 Å². The van der Waals surface area contributed by atoms with E-state index in [1.54, 1.807) is 0 Å². The van der Waals surface area contributed by atoms with Crippen LogP contribution in [0.5, 0.6) is 0 Å². The highest BCUT2D eigenvalue weighted by atomic mass is 32.1. The molecule has 10 heteroatoms. The zero-order chi connectivity index (χ0) is 17.6. The summed E-state index contributed by atoms with van der Waals surface area (Å²) in [6.45, 7) is 3.62. The molecular weight excluding hydrogens is 302 g/mol. The second kappa shape index (κ2) is 15.0. The van der Waals surface area contributed by atoms with Crippen molar-refractivity contribution >= 4 is 30.5 Å². The second-order valence-electron chi connectivity index (χ2n) is 4.30. The minimum Gasteiger partial charge on any atom is -0.480 e. The number of carboxylic acids is 3. The fraction of sp³-hybridized carbons (Fsp3) is 0.727. The Morgan fingerprint density at radius 1 is 1.00 bits per heavy atom. The molecule has 0 amide bonds. The molecule has 0 spiro atoms. The van der Waals surface area contributed by atoms with E-state index in [4.69, 9.17) is 26.8 Å². The van der Waals surface area contributed by atoms with Crippen LogP contribution < -0.4 is 17.2 Å². The van der Waals surface area contributed by atoms with E-state index in [0.29, 0.717) is 12.3 Å². The molecule has 0 aromatic heterocycles. The molecule has 0 aliphatic heterocycles. The van der Waals surface area contributed by atoms with E-state index in [0.717, 1.165) is 0 Å². The second-order valence-corrected chi connectivity index (χ2v) is 4.66. The Labute approximate surface area is 128 Å². The molecule has 0 unspecified atom stereocenters. The summed E-state index contributed by atoms with van der Waals surface area (Å²) in [5, 5.41) is 23.9. The van der Waals surface area contributed by atoms with Gasteiger partial charge in [0.25, 0.3) is 0 Å². The van der Waals surface area contributed by atoms with Crippen LogP contribution in [-0.2, 0) is 14.4 Å². The summed E-state index contributed by atoms with van der Waals surface area (Å²) >= 11 is 3.65. The maximum atomic E-state index is 10.1. The molecule has 21 heavy (non-hydrogen) atoms. The van der Waals surface area contributed by atoms with E-state index in [1.807, 2.05) is 13.8 Å². The molecule has 0 saturated carbocycles. The van der Waals surface area contributed by atoms with Gasteiger partial charge in [-0.3, -0.25) is 14.4 Å². The van der Waals surface area contributed by atoms with Crippen LogP contribution in [0.15, 0.2) is 0 Å². The number of thiol groups is 1. The first-order valence-corrected chi connectivity index (χ1v) is 6.62. The lowest BCUT2D eigenvalue weighted by Crippen LogP contribution is -2.31. The Balaban J connectivity index is -0.000000242. The lowest BCUT2D eigenvalue weighted by atomic mass is 10.1. The number of nitrogens with two attached hydrogens (primary N) is 3. The number of carboxylic acid groups (broad SMARTS) is 3. The third kappa shape index (κ3) is 24.1. The summed E-state index contributed by atoms with van der Waals surface area (Å²) in [6.07, 6.45) is 0.551. The summed E-state index contributed by atoms with van der Waals surface area (Å²) in [5.74, 6) is -2.34. The average molecular weight is 327 g/mol. The Bertz CT molecular complexity index is 314. The maximum absolute atomic E-state index is 10.1. The monoisotopic (exact) mass is 327 g/mol. The third-order valence-corrected chi connectivity index (χ3v) is 2.12. The zero-order valence-electron chi connectivity index (χ0n) is 12.1. The van der Waals surface area contributed by atoms with Gasteiger partial charge in [-0.1, -0.05) is 13.8 Å². The van der Waals surface area contributed by atoms with Crippen LogP contribution in [-0.4, -0.2) is 57.6 Å². The van der Waals surface area contributed by atoms with Gasteiger partial charge in [-0.25, -0.2) is 0 Å². The first-order chi connectivity index (χ1) is 9.49. The first-order valence-electron chi connectivity index (χ1n) is 5.98. The van der Waals surface area contributed by atoms with Crippen LogP contribution in [0.3, 0.4) is 0 Å². The van der Waals surface area contributed by atoms with Gasteiger partial charge in [0, 0.05) is 5.75 Å². The van der Waals surface area contributed by atoms with Gasteiger partial charge in [0.2, 0.25) is 0 Å². The van der Waals surface area contributed by atoms with E-state index in [1.165, 1.54) is 0 Å². The van der Waals surface area contributed by atoms with Crippen LogP contribution >= 0.6 is 12.6 Å². The molecule has 0 aromatic rings. The topological polar surface area (TPSA) is 190 Å².